The average molecular weight is 351 g/mol. The minimum absolute atomic E-state index is 0.181. The molecule has 1 aromatic rings. The predicted octanol–water partition coefficient (Wildman–Crippen LogP) is 1.84. The maximum atomic E-state index is 11.8. The number of ether oxygens (including phenoxy) is 1. The summed E-state index contributed by atoms with van der Waals surface area (Å²) in [5.74, 6) is -1.39. The van der Waals surface area contributed by atoms with Gasteiger partial charge in [0.1, 0.15) is 5.60 Å². The molecule has 1 aromatic carbocycles. The summed E-state index contributed by atoms with van der Waals surface area (Å²) >= 11 is 0. The number of carboxylic acid groups (broad SMARTS) is 1. The van der Waals surface area contributed by atoms with Crippen LogP contribution in [0.5, 0.6) is 0 Å². The van der Waals surface area contributed by atoms with E-state index < -0.39 is 23.7 Å². The Morgan fingerprint density at radius 3 is 2.16 bits per heavy atom. The zero-order chi connectivity index (χ0) is 19.2. The number of carboxylic acids is 1. The number of anilines is 1. The third-order valence-electron chi connectivity index (χ3n) is 2.90. The standard InChI is InChI=1S/C17H25N3O5/c1-17(2,3)25-16(24)19-14(15(22)23)11-6-8-12(9-7-11)18-13(21)10-20(4)5/h6-9,14H,10H2,1-5H3,(H,18,21)(H,19,24)(H,22,23)/t14-/m1/s1. The van der Waals surface area contributed by atoms with E-state index in [4.69, 9.17) is 4.74 Å². The molecule has 0 aliphatic rings. The van der Waals surface area contributed by atoms with Gasteiger partial charge in [-0.3, -0.25) is 4.79 Å². The van der Waals surface area contributed by atoms with E-state index in [-0.39, 0.29) is 12.5 Å². The van der Waals surface area contributed by atoms with Gasteiger partial charge in [0.05, 0.1) is 6.54 Å². The van der Waals surface area contributed by atoms with Crippen molar-refractivity contribution in [2.24, 2.45) is 0 Å². The second kappa shape index (κ2) is 8.48. The van der Waals surface area contributed by atoms with Crippen LogP contribution in [0.2, 0.25) is 0 Å². The van der Waals surface area contributed by atoms with Crippen LogP contribution >= 0.6 is 0 Å². The quantitative estimate of drug-likeness (QED) is 0.722. The Morgan fingerprint density at radius 1 is 1.16 bits per heavy atom. The number of likely N-dealkylation sites (N-methyl/N-ethyl adjacent to an activating group) is 1. The Morgan fingerprint density at radius 2 is 1.72 bits per heavy atom. The van der Waals surface area contributed by atoms with Crippen molar-refractivity contribution in [1.82, 2.24) is 10.2 Å². The minimum Gasteiger partial charge on any atom is -0.479 e. The molecular formula is C17H25N3O5. The topological polar surface area (TPSA) is 108 Å². The van der Waals surface area contributed by atoms with Gasteiger partial charge >= 0.3 is 12.1 Å². The van der Waals surface area contributed by atoms with Crippen LogP contribution in [0, 0.1) is 0 Å². The lowest BCUT2D eigenvalue weighted by Crippen LogP contribution is -2.38. The lowest BCUT2D eigenvalue weighted by atomic mass is 10.1. The van der Waals surface area contributed by atoms with E-state index in [9.17, 15) is 19.5 Å². The fraction of sp³-hybridized carbons (Fsp3) is 0.471. The van der Waals surface area contributed by atoms with Crippen LogP contribution in [0.1, 0.15) is 32.4 Å². The van der Waals surface area contributed by atoms with Gasteiger partial charge in [-0.1, -0.05) is 12.1 Å². The van der Waals surface area contributed by atoms with Crippen LogP contribution in [-0.4, -0.2) is 54.2 Å². The number of alkyl carbamates (subject to hydrolysis) is 1. The number of hydrogen-bond donors (Lipinski definition) is 3. The number of amides is 2. The Hall–Kier alpha value is -2.61. The molecule has 0 spiro atoms. The Kier molecular flexibility index (Phi) is 6.93. The molecule has 25 heavy (non-hydrogen) atoms. The molecule has 1 rings (SSSR count). The molecule has 3 N–H and O–H groups in total. The number of hydrogen-bond acceptors (Lipinski definition) is 5. The molecule has 0 bridgehead atoms. The molecule has 0 saturated carbocycles. The monoisotopic (exact) mass is 351 g/mol. The first-order valence-electron chi connectivity index (χ1n) is 7.75. The van der Waals surface area contributed by atoms with Crippen LogP contribution < -0.4 is 10.6 Å². The van der Waals surface area contributed by atoms with Crippen LogP contribution in [0.4, 0.5) is 10.5 Å². The summed E-state index contributed by atoms with van der Waals surface area (Å²) in [6.07, 6.45) is -0.816. The average Bonchev–Trinajstić information content (AvgIpc) is 2.42. The van der Waals surface area contributed by atoms with Gasteiger partial charge in [-0.15, -0.1) is 0 Å². The highest BCUT2D eigenvalue weighted by Gasteiger charge is 2.25. The van der Waals surface area contributed by atoms with Crippen molar-refractivity contribution in [2.75, 3.05) is 26.0 Å². The van der Waals surface area contributed by atoms with Crippen molar-refractivity contribution < 1.29 is 24.2 Å². The molecule has 8 heteroatoms. The second-order valence-corrected chi connectivity index (χ2v) is 6.83. The maximum Gasteiger partial charge on any atom is 0.408 e. The number of benzene rings is 1. The smallest absolute Gasteiger partial charge is 0.408 e. The fourth-order valence-electron chi connectivity index (χ4n) is 1.96. The summed E-state index contributed by atoms with van der Waals surface area (Å²) in [4.78, 5) is 36.7. The first-order valence-corrected chi connectivity index (χ1v) is 7.75. The molecule has 1 atom stereocenters. The van der Waals surface area contributed by atoms with Crippen LogP contribution in [-0.2, 0) is 14.3 Å². The van der Waals surface area contributed by atoms with Gasteiger partial charge in [0, 0.05) is 5.69 Å². The molecule has 0 saturated heterocycles. The van der Waals surface area contributed by atoms with E-state index in [0.29, 0.717) is 11.3 Å². The number of carbonyl (C=O) groups is 3. The molecule has 138 valence electrons. The summed E-state index contributed by atoms with van der Waals surface area (Å²) in [5, 5.41) is 14.4. The molecule has 0 aliphatic heterocycles. The van der Waals surface area contributed by atoms with Crippen molar-refractivity contribution in [2.45, 2.75) is 32.4 Å². The minimum atomic E-state index is -1.25. The van der Waals surface area contributed by atoms with Gasteiger partial charge in [0.15, 0.2) is 6.04 Å². The number of carbonyl (C=O) groups excluding carboxylic acids is 2. The highest BCUT2D eigenvalue weighted by molar-refractivity contribution is 5.92. The van der Waals surface area contributed by atoms with E-state index in [1.165, 1.54) is 12.1 Å². The van der Waals surface area contributed by atoms with Gasteiger partial charge in [0.25, 0.3) is 0 Å². The number of nitrogens with zero attached hydrogens (tertiary/aromatic N) is 1. The van der Waals surface area contributed by atoms with E-state index in [0.717, 1.165) is 0 Å². The van der Waals surface area contributed by atoms with E-state index in [2.05, 4.69) is 10.6 Å². The van der Waals surface area contributed by atoms with Gasteiger partial charge in [-0.05, 0) is 52.6 Å². The van der Waals surface area contributed by atoms with Crippen LogP contribution in [0.25, 0.3) is 0 Å². The highest BCUT2D eigenvalue weighted by Crippen LogP contribution is 2.18. The van der Waals surface area contributed by atoms with Gasteiger partial charge in [-0.2, -0.15) is 0 Å². The predicted molar refractivity (Wildman–Crippen MR) is 93.4 cm³/mol. The number of nitrogens with one attached hydrogen (secondary N) is 2. The van der Waals surface area contributed by atoms with Gasteiger partial charge < -0.3 is 25.4 Å². The number of rotatable bonds is 6. The molecule has 0 aliphatic carbocycles. The lowest BCUT2D eigenvalue weighted by Gasteiger charge is -2.22. The largest absolute Gasteiger partial charge is 0.479 e. The zero-order valence-corrected chi connectivity index (χ0v) is 15.1. The third-order valence-corrected chi connectivity index (χ3v) is 2.90. The van der Waals surface area contributed by atoms with E-state index in [1.807, 2.05) is 0 Å². The van der Waals surface area contributed by atoms with Gasteiger partial charge in [-0.25, -0.2) is 9.59 Å². The fourth-order valence-corrected chi connectivity index (χ4v) is 1.96. The first-order chi connectivity index (χ1) is 11.5. The maximum absolute atomic E-state index is 11.8. The molecule has 0 fully saturated rings. The third kappa shape index (κ3) is 7.67. The SMILES string of the molecule is CN(C)CC(=O)Nc1ccc([C@@H](NC(=O)OC(C)(C)C)C(=O)O)cc1. The Balaban J connectivity index is 2.80. The lowest BCUT2D eigenvalue weighted by molar-refractivity contribution is -0.139. The second-order valence-electron chi connectivity index (χ2n) is 6.83. The summed E-state index contributed by atoms with van der Waals surface area (Å²) in [7, 11) is 3.56. The van der Waals surface area contributed by atoms with E-state index >= 15 is 0 Å². The van der Waals surface area contributed by atoms with Crippen molar-refractivity contribution >= 4 is 23.7 Å². The highest BCUT2D eigenvalue weighted by atomic mass is 16.6. The summed E-state index contributed by atoms with van der Waals surface area (Å²) < 4.78 is 5.08. The first kappa shape index (κ1) is 20.4. The molecule has 2 amide bonds. The molecule has 8 nitrogen and oxygen atoms in total. The number of aliphatic carboxylic acids is 1. The summed E-state index contributed by atoms with van der Waals surface area (Å²) in [6, 6.07) is 4.97. The van der Waals surface area contributed by atoms with Crippen LogP contribution in [0.15, 0.2) is 24.3 Å². The molecule has 0 unspecified atom stereocenters. The summed E-state index contributed by atoms with van der Waals surface area (Å²) in [5.41, 5.74) is 0.175. The Labute approximate surface area is 147 Å². The molecule has 0 heterocycles. The van der Waals surface area contributed by atoms with Crippen molar-refractivity contribution in [3.05, 3.63) is 29.8 Å². The van der Waals surface area contributed by atoms with Crippen molar-refractivity contribution in [3.63, 3.8) is 0 Å². The van der Waals surface area contributed by atoms with Crippen molar-refractivity contribution in [1.29, 1.82) is 0 Å². The Bertz CT molecular complexity index is 620. The van der Waals surface area contributed by atoms with Gasteiger partial charge in [0.2, 0.25) is 5.91 Å². The zero-order valence-electron chi connectivity index (χ0n) is 15.1. The summed E-state index contributed by atoms with van der Waals surface area (Å²) in [6.45, 7) is 5.30. The van der Waals surface area contributed by atoms with E-state index in [1.54, 1.807) is 51.9 Å². The van der Waals surface area contributed by atoms with Crippen LogP contribution in [0.3, 0.4) is 0 Å². The van der Waals surface area contributed by atoms with Crippen molar-refractivity contribution in [3.8, 4) is 0 Å². The molecule has 0 radical (unpaired) electrons. The molecule has 0 aromatic heterocycles. The molecular weight excluding hydrogens is 326 g/mol. The normalized spacial score (nSPS) is 12.4.